The van der Waals surface area contributed by atoms with Crippen molar-refractivity contribution in [3.8, 4) is 5.69 Å². The van der Waals surface area contributed by atoms with Gasteiger partial charge < -0.3 is 4.57 Å². The summed E-state index contributed by atoms with van der Waals surface area (Å²) in [6.45, 7) is 10.1. The zero-order valence-electron chi connectivity index (χ0n) is 18.6. The van der Waals surface area contributed by atoms with Crippen LogP contribution in [0.3, 0.4) is 0 Å². The second kappa shape index (κ2) is 8.34. The van der Waals surface area contributed by atoms with Crippen LogP contribution < -0.4 is 5.56 Å². The van der Waals surface area contributed by atoms with Crippen LogP contribution in [-0.2, 0) is 5.41 Å². The minimum absolute atomic E-state index is 0.197. The van der Waals surface area contributed by atoms with Gasteiger partial charge in [0.25, 0.3) is 5.56 Å². The number of aryl methyl sites for hydroxylation is 1. The van der Waals surface area contributed by atoms with Gasteiger partial charge in [0.15, 0.2) is 0 Å². The van der Waals surface area contributed by atoms with Crippen LogP contribution in [0.25, 0.3) is 16.6 Å². The van der Waals surface area contributed by atoms with Gasteiger partial charge in [-0.1, -0.05) is 60.4 Å². The van der Waals surface area contributed by atoms with Crippen molar-refractivity contribution in [1.29, 1.82) is 0 Å². The first-order valence-corrected chi connectivity index (χ1v) is 11.5. The van der Waals surface area contributed by atoms with Crippen LogP contribution in [0, 0.1) is 13.8 Å². The molecule has 0 N–H and O–H groups in total. The lowest BCUT2D eigenvalue weighted by atomic mass is 9.95. The van der Waals surface area contributed by atoms with Crippen LogP contribution in [0.15, 0.2) is 62.9 Å². The van der Waals surface area contributed by atoms with Crippen molar-refractivity contribution >= 4 is 44.6 Å². The Morgan fingerprint density at radius 3 is 2.50 bits per heavy atom. The molecule has 0 amide bonds. The fourth-order valence-electron chi connectivity index (χ4n) is 3.78. The summed E-state index contributed by atoms with van der Waals surface area (Å²) in [5, 5.41) is 5.80. The zero-order chi connectivity index (χ0) is 23.2. The summed E-state index contributed by atoms with van der Waals surface area (Å²) in [6.07, 6.45) is 1.72. The number of rotatable bonds is 3. The molecule has 7 heteroatoms. The van der Waals surface area contributed by atoms with Crippen LogP contribution in [0.4, 0.5) is 0 Å². The fraction of sp³-hybridized carbons (Fsp3) is 0.240. The van der Waals surface area contributed by atoms with Crippen molar-refractivity contribution in [3.05, 3.63) is 91.2 Å². The molecule has 0 fully saturated rings. The van der Waals surface area contributed by atoms with E-state index in [9.17, 15) is 4.79 Å². The molecule has 0 saturated carbocycles. The van der Waals surface area contributed by atoms with E-state index in [-0.39, 0.29) is 11.0 Å². The molecule has 2 aromatic heterocycles. The first-order valence-electron chi connectivity index (χ1n) is 10.3. The molecular formula is C25H24BrClN4O. The summed E-state index contributed by atoms with van der Waals surface area (Å²) in [5.41, 5.74) is 3.93. The van der Waals surface area contributed by atoms with Crippen molar-refractivity contribution < 1.29 is 0 Å². The van der Waals surface area contributed by atoms with Gasteiger partial charge in [-0.2, -0.15) is 9.78 Å². The molecule has 0 radical (unpaired) electrons. The Kier molecular flexibility index (Phi) is 5.86. The molecule has 0 saturated heterocycles. The number of benzene rings is 2. The van der Waals surface area contributed by atoms with Gasteiger partial charge in [0.05, 0.1) is 27.8 Å². The minimum Gasteiger partial charge on any atom is -0.316 e. The van der Waals surface area contributed by atoms with Crippen molar-refractivity contribution in [1.82, 2.24) is 14.2 Å². The lowest BCUT2D eigenvalue weighted by Crippen LogP contribution is -2.29. The number of hydrogen-bond donors (Lipinski definition) is 0. The van der Waals surface area contributed by atoms with Gasteiger partial charge in [0, 0.05) is 26.8 Å². The molecule has 164 valence electrons. The van der Waals surface area contributed by atoms with Crippen molar-refractivity contribution in [2.75, 3.05) is 0 Å². The molecule has 0 aliphatic carbocycles. The molecule has 4 aromatic rings. The maximum absolute atomic E-state index is 13.4. The highest BCUT2D eigenvalue weighted by atomic mass is 79.9. The molecular weight excluding hydrogens is 488 g/mol. The Labute approximate surface area is 200 Å². The first kappa shape index (κ1) is 22.5. The third kappa shape index (κ3) is 4.05. The highest BCUT2D eigenvalue weighted by Gasteiger charge is 2.23. The summed E-state index contributed by atoms with van der Waals surface area (Å²) in [6, 6.07) is 15.3. The summed E-state index contributed by atoms with van der Waals surface area (Å²) in [7, 11) is 0. The highest BCUT2D eigenvalue weighted by Crippen LogP contribution is 2.26. The smallest absolute Gasteiger partial charge is 0.282 e. The Balaban J connectivity index is 1.88. The van der Waals surface area contributed by atoms with Crippen molar-refractivity contribution in [2.45, 2.75) is 40.0 Å². The van der Waals surface area contributed by atoms with Gasteiger partial charge in [-0.05, 0) is 50.2 Å². The van der Waals surface area contributed by atoms with E-state index in [1.807, 2.05) is 77.1 Å². The number of halogens is 2. The summed E-state index contributed by atoms with van der Waals surface area (Å²) in [5.74, 6) is 0.605. The Morgan fingerprint density at radius 2 is 1.81 bits per heavy atom. The molecule has 0 bridgehead atoms. The topological polar surface area (TPSA) is 52.2 Å². The molecule has 0 aliphatic heterocycles. The molecule has 32 heavy (non-hydrogen) atoms. The van der Waals surface area contributed by atoms with Crippen LogP contribution in [0.5, 0.6) is 0 Å². The number of fused-ring (bicyclic) bond motifs is 1. The molecule has 4 rings (SSSR count). The Hall–Kier alpha value is -2.70. The number of hydrogen-bond acceptors (Lipinski definition) is 3. The van der Waals surface area contributed by atoms with Crippen molar-refractivity contribution in [2.24, 2.45) is 5.10 Å². The molecule has 0 unspecified atom stereocenters. The van der Waals surface area contributed by atoms with Gasteiger partial charge in [-0.25, -0.2) is 4.98 Å². The third-order valence-corrected chi connectivity index (χ3v) is 6.17. The van der Waals surface area contributed by atoms with Gasteiger partial charge in [0.2, 0.25) is 0 Å². The van der Waals surface area contributed by atoms with Crippen LogP contribution in [0.2, 0.25) is 5.02 Å². The van der Waals surface area contributed by atoms with E-state index in [1.165, 1.54) is 4.68 Å². The van der Waals surface area contributed by atoms with Gasteiger partial charge in [-0.3, -0.25) is 4.79 Å². The second-order valence-corrected chi connectivity index (χ2v) is 10.1. The monoisotopic (exact) mass is 510 g/mol. The van der Waals surface area contributed by atoms with E-state index in [2.05, 4.69) is 25.6 Å². The fourth-order valence-corrected chi connectivity index (χ4v) is 4.36. The standard InChI is InChI=1S/C25H24BrClN4O/c1-15-12-17(16(2)30(15)22-9-7-6-8-20(22)27)14-28-31-23(32)19-13-18(26)10-11-21(19)29-24(31)25(3,4)5/h6-14H,1-5H3. The van der Waals surface area contributed by atoms with E-state index in [0.717, 1.165) is 27.1 Å². The lowest BCUT2D eigenvalue weighted by Gasteiger charge is -2.20. The van der Waals surface area contributed by atoms with E-state index < -0.39 is 0 Å². The lowest BCUT2D eigenvalue weighted by molar-refractivity contribution is 0.506. The average Bonchev–Trinajstić information content (AvgIpc) is 3.00. The quantitative estimate of drug-likeness (QED) is 0.299. The summed E-state index contributed by atoms with van der Waals surface area (Å²) < 4.78 is 4.33. The normalized spacial score (nSPS) is 12.2. The Morgan fingerprint density at radius 1 is 1.09 bits per heavy atom. The van der Waals surface area contributed by atoms with Crippen LogP contribution in [-0.4, -0.2) is 20.4 Å². The first-order chi connectivity index (χ1) is 15.1. The minimum atomic E-state index is -0.369. The molecule has 0 atom stereocenters. The summed E-state index contributed by atoms with van der Waals surface area (Å²) in [4.78, 5) is 18.1. The molecule has 0 spiro atoms. The number of nitrogens with zero attached hydrogens (tertiary/aromatic N) is 4. The Bertz CT molecular complexity index is 1430. The van der Waals surface area contributed by atoms with Crippen LogP contribution >= 0.6 is 27.5 Å². The van der Waals surface area contributed by atoms with Crippen LogP contribution in [0.1, 0.15) is 43.5 Å². The number of para-hydroxylation sites is 1. The maximum Gasteiger partial charge on any atom is 0.282 e. The highest BCUT2D eigenvalue weighted by molar-refractivity contribution is 9.10. The van der Waals surface area contributed by atoms with Crippen molar-refractivity contribution in [3.63, 3.8) is 0 Å². The van der Waals surface area contributed by atoms with E-state index in [0.29, 0.717) is 21.7 Å². The van der Waals surface area contributed by atoms with Gasteiger partial charge >= 0.3 is 0 Å². The predicted octanol–water partition coefficient (Wildman–Crippen LogP) is 6.40. The number of aromatic nitrogens is 3. The molecule has 5 nitrogen and oxygen atoms in total. The largest absolute Gasteiger partial charge is 0.316 e. The third-order valence-electron chi connectivity index (χ3n) is 5.36. The second-order valence-electron chi connectivity index (χ2n) is 8.82. The maximum atomic E-state index is 13.4. The van der Waals surface area contributed by atoms with E-state index in [4.69, 9.17) is 16.6 Å². The molecule has 2 heterocycles. The van der Waals surface area contributed by atoms with Gasteiger partial charge in [0.1, 0.15) is 5.82 Å². The zero-order valence-corrected chi connectivity index (χ0v) is 21.0. The van der Waals surface area contributed by atoms with E-state index >= 15 is 0 Å². The molecule has 0 aliphatic rings. The van der Waals surface area contributed by atoms with Gasteiger partial charge in [-0.15, -0.1) is 0 Å². The summed E-state index contributed by atoms with van der Waals surface area (Å²) >= 11 is 9.88. The van der Waals surface area contributed by atoms with E-state index in [1.54, 1.807) is 12.3 Å². The predicted molar refractivity (Wildman–Crippen MR) is 136 cm³/mol. The SMILES string of the molecule is Cc1cc(C=Nn2c(C(C)(C)C)nc3ccc(Br)cc3c2=O)c(C)n1-c1ccccc1Cl. The average molecular weight is 512 g/mol. The molecule has 2 aromatic carbocycles.